The molecule has 2 heterocycles. The monoisotopic (exact) mass is 334 g/mol. The van der Waals surface area contributed by atoms with E-state index in [0.29, 0.717) is 25.2 Å². The summed E-state index contributed by atoms with van der Waals surface area (Å²) in [5.41, 5.74) is 2.46. The van der Waals surface area contributed by atoms with E-state index in [1.54, 1.807) is 18.5 Å². The van der Waals surface area contributed by atoms with E-state index in [2.05, 4.69) is 10.3 Å². The van der Waals surface area contributed by atoms with E-state index in [0.717, 1.165) is 11.4 Å². The fourth-order valence-corrected chi connectivity index (χ4v) is 4.06. The molecule has 0 saturated carbocycles. The number of benzene rings is 1. The zero-order valence-corrected chi connectivity index (χ0v) is 13.8. The van der Waals surface area contributed by atoms with Gasteiger partial charge in [-0.15, -0.1) is 0 Å². The lowest BCUT2D eigenvalue weighted by atomic mass is 10.2. The third-order valence-electron chi connectivity index (χ3n) is 3.88. The van der Waals surface area contributed by atoms with E-state index < -0.39 is 10.0 Å². The van der Waals surface area contributed by atoms with Gasteiger partial charge in [-0.2, -0.15) is 4.31 Å². The molecule has 122 valence electrons. The maximum absolute atomic E-state index is 12.8. The van der Waals surface area contributed by atoms with Crippen molar-refractivity contribution in [3.8, 4) is 0 Å². The van der Waals surface area contributed by atoms with Gasteiger partial charge in [0.2, 0.25) is 15.9 Å². The van der Waals surface area contributed by atoms with Gasteiger partial charge in [-0.25, -0.2) is 13.4 Å². The van der Waals surface area contributed by atoms with E-state index >= 15 is 0 Å². The molecule has 2 aromatic rings. The van der Waals surface area contributed by atoms with Crippen LogP contribution in [0.5, 0.6) is 0 Å². The molecule has 0 unspecified atom stereocenters. The number of rotatable bonds is 3. The Kier molecular flexibility index (Phi) is 3.95. The van der Waals surface area contributed by atoms with Crippen LogP contribution in [0.15, 0.2) is 35.5 Å². The van der Waals surface area contributed by atoms with Crippen molar-refractivity contribution in [2.24, 2.45) is 7.05 Å². The first-order valence-electron chi connectivity index (χ1n) is 7.25. The molecule has 0 fully saturated rings. The minimum Gasteiger partial charge on any atom is -0.336 e. The number of aryl methyl sites for hydroxylation is 1. The Morgan fingerprint density at radius 2 is 1.96 bits per heavy atom. The number of sulfonamides is 1. The summed E-state index contributed by atoms with van der Waals surface area (Å²) in [6.07, 6.45) is 2.32. The molecule has 1 aromatic carbocycles. The van der Waals surface area contributed by atoms with Crippen molar-refractivity contribution < 1.29 is 13.2 Å². The number of fused-ring (bicyclic) bond motifs is 1. The molecule has 0 aliphatic carbocycles. The normalized spacial score (nSPS) is 15.2. The topological polar surface area (TPSA) is 84.3 Å². The van der Waals surface area contributed by atoms with Crippen LogP contribution >= 0.6 is 0 Å². The van der Waals surface area contributed by atoms with Crippen molar-refractivity contribution in [2.75, 3.05) is 11.9 Å². The molecule has 8 heteroatoms. The predicted octanol–water partition coefficient (Wildman–Crippen LogP) is 1.13. The summed E-state index contributed by atoms with van der Waals surface area (Å²) in [5.74, 6) is -0.194. The minimum absolute atomic E-state index is 0.194. The Morgan fingerprint density at radius 3 is 2.61 bits per heavy atom. The van der Waals surface area contributed by atoms with Crippen molar-refractivity contribution in [2.45, 2.75) is 24.8 Å². The fraction of sp³-hybridized carbons (Fsp3) is 0.333. The highest BCUT2D eigenvalue weighted by molar-refractivity contribution is 7.89. The lowest BCUT2D eigenvalue weighted by Gasteiger charge is -2.26. The van der Waals surface area contributed by atoms with Gasteiger partial charge < -0.3 is 9.88 Å². The summed E-state index contributed by atoms with van der Waals surface area (Å²) in [7, 11) is -1.70. The smallest absolute Gasteiger partial charge is 0.243 e. The molecule has 23 heavy (non-hydrogen) atoms. The zero-order chi connectivity index (χ0) is 16.6. The van der Waals surface area contributed by atoms with Crippen LogP contribution in [0.3, 0.4) is 0 Å². The first-order chi connectivity index (χ1) is 10.9. The molecule has 3 rings (SSSR count). The van der Waals surface area contributed by atoms with Crippen LogP contribution in [-0.2, 0) is 34.8 Å². The largest absolute Gasteiger partial charge is 0.336 e. The predicted molar refractivity (Wildman–Crippen MR) is 85.3 cm³/mol. The molecular formula is C15H18N4O3S. The standard InChI is InChI=1S/C15H18N4O3S/c1-11(20)17-12-3-5-13(6-4-12)23(21,22)19-8-7-14-15(9-19)18(2)10-16-14/h3-6,10H,7-9H2,1-2H3,(H,17,20). The van der Waals surface area contributed by atoms with E-state index in [1.807, 2.05) is 11.6 Å². The first-order valence-corrected chi connectivity index (χ1v) is 8.69. The molecule has 1 aliphatic rings. The summed E-state index contributed by atoms with van der Waals surface area (Å²) >= 11 is 0. The maximum atomic E-state index is 12.8. The van der Waals surface area contributed by atoms with Crippen LogP contribution in [0.1, 0.15) is 18.3 Å². The van der Waals surface area contributed by atoms with Gasteiger partial charge in [-0.1, -0.05) is 0 Å². The SMILES string of the molecule is CC(=O)Nc1ccc(S(=O)(=O)N2CCc3ncn(C)c3C2)cc1. The third-order valence-corrected chi connectivity index (χ3v) is 5.74. The summed E-state index contributed by atoms with van der Waals surface area (Å²) in [6, 6.07) is 6.21. The molecule has 0 bridgehead atoms. The van der Waals surface area contributed by atoms with Crippen molar-refractivity contribution in [1.29, 1.82) is 0 Å². The average Bonchev–Trinajstić information content (AvgIpc) is 2.88. The molecule has 1 amide bonds. The van der Waals surface area contributed by atoms with Gasteiger partial charge in [0.1, 0.15) is 0 Å². The lowest BCUT2D eigenvalue weighted by Crippen LogP contribution is -2.36. The summed E-state index contributed by atoms with van der Waals surface area (Å²) in [4.78, 5) is 15.5. The van der Waals surface area contributed by atoms with E-state index in [1.165, 1.54) is 23.4 Å². The van der Waals surface area contributed by atoms with E-state index in [9.17, 15) is 13.2 Å². The molecular weight excluding hydrogens is 316 g/mol. The van der Waals surface area contributed by atoms with E-state index in [4.69, 9.17) is 0 Å². The van der Waals surface area contributed by atoms with Crippen molar-refractivity contribution in [3.63, 3.8) is 0 Å². The first kappa shape index (κ1) is 15.7. The number of imidazole rings is 1. The Labute approximate surface area is 135 Å². The van der Waals surface area contributed by atoms with Crippen molar-refractivity contribution in [3.05, 3.63) is 42.0 Å². The minimum atomic E-state index is -3.57. The number of amides is 1. The Hall–Kier alpha value is -2.19. The second-order valence-corrected chi connectivity index (χ2v) is 7.48. The fourth-order valence-electron chi connectivity index (χ4n) is 2.66. The molecule has 0 atom stereocenters. The highest BCUT2D eigenvalue weighted by Gasteiger charge is 2.30. The Balaban J connectivity index is 1.84. The van der Waals surface area contributed by atoms with Crippen LogP contribution in [-0.4, -0.2) is 34.7 Å². The van der Waals surface area contributed by atoms with Gasteiger partial charge in [0.05, 0.1) is 29.2 Å². The molecule has 0 radical (unpaired) electrons. The highest BCUT2D eigenvalue weighted by atomic mass is 32.2. The third kappa shape index (κ3) is 2.99. The Morgan fingerprint density at radius 1 is 1.26 bits per heavy atom. The second kappa shape index (κ2) is 5.78. The Bertz CT molecular complexity index is 840. The van der Waals surface area contributed by atoms with Crippen LogP contribution in [0, 0.1) is 0 Å². The number of carbonyl (C=O) groups excluding carboxylic acids is 1. The van der Waals surface area contributed by atoms with Crippen LogP contribution in [0.4, 0.5) is 5.69 Å². The van der Waals surface area contributed by atoms with Crippen LogP contribution in [0.25, 0.3) is 0 Å². The van der Waals surface area contributed by atoms with Gasteiger partial charge in [0.15, 0.2) is 0 Å². The van der Waals surface area contributed by atoms with Crippen LogP contribution in [0.2, 0.25) is 0 Å². The molecule has 7 nitrogen and oxygen atoms in total. The molecule has 1 N–H and O–H groups in total. The number of nitrogens with zero attached hydrogens (tertiary/aromatic N) is 3. The average molecular weight is 334 g/mol. The van der Waals surface area contributed by atoms with E-state index in [-0.39, 0.29) is 10.8 Å². The molecule has 1 aliphatic heterocycles. The number of carbonyl (C=O) groups is 1. The summed E-state index contributed by atoms with van der Waals surface area (Å²) in [6.45, 7) is 2.14. The van der Waals surface area contributed by atoms with Crippen LogP contribution < -0.4 is 5.32 Å². The molecule has 1 aromatic heterocycles. The summed E-state index contributed by atoms with van der Waals surface area (Å²) < 4.78 is 28.9. The summed E-state index contributed by atoms with van der Waals surface area (Å²) in [5, 5.41) is 2.62. The van der Waals surface area contributed by atoms with Gasteiger partial charge in [0, 0.05) is 32.6 Å². The molecule has 0 saturated heterocycles. The quantitative estimate of drug-likeness (QED) is 0.912. The van der Waals surface area contributed by atoms with Crippen molar-refractivity contribution >= 4 is 21.6 Å². The zero-order valence-electron chi connectivity index (χ0n) is 13.0. The maximum Gasteiger partial charge on any atom is 0.243 e. The number of anilines is 1. The van der Waals surface area contributed by atoms with Gasteiger partial charge >= 0.3 is 0 Å². The van der Waals surface area contributed by atoms with Crippen molar-refractivity contribution in [1.82, 2.24) is 13.9 Å². The lowest BCUT2D eigenvalue weighted by molar-refractivity contribution is -0.114. The number of hydrogen-bond donors (Lipinski definition) is 1. The number of hydrogen-bond acceptors (Lipinski definition) is 4. The highest BCUT2D eigenvalue weighted by Crippen LogP contribution is 2.24. The molecule has 0 spiro atoms. The number of nitrogens with one attached hydrogen (secondary N) is 1. The number of aromatic nitrogens is 2. The second-order valence-electron chi connectivity index (χ2n) is 5.54. The van der Waals surface area contributed by atoms with Gasteiger partial charge in [0.25, 0.3) is 0 Å². The van der Waals surface area contributed by atoms with Gasteiger partial charge in [-0.05, 0) is 24.3 Å². The van der Waals surface area contributed by atoms with Gasteiger partial charge in [-0.3, -0.25) is 4.79 Å².